The van der Waals surface area contributed by atoms with Crippen molar-refractivity contribution in [1.82, 2.24) is 40.5 Å². The number of amides is 1. The van der Waals surface area contributed by atoms with E-state index in [9.17, 15) is 57.5 Å². The molecule has 2 saturated heterocycles. The van der Waals surface area contributed by atoms with E-state index in [2.05, 4.69) is 40.5 Å². The van der Waals surface area contributed by atoms with E-state index >= 15 is 0 Å². The zero-order chi connectivity index (χ0) is 55.8. The number of alkyl halides is 12. The molecule has 0 bridgehead atoms. The number of hydrogen-bond acceptors (Lipinski definition) is 10. The number of rotatable bonds is 10. The van der Waals surface area contributed by atoms with Gasteiger partial charge in [0, 0.05) is 51.0 Å². The van der Waals surface area contributed by atoms with E-state index in [0.717, 1.165) is 40.3 Å². The van der Waals surface area contributed by atoms with Crippen molar-refractivity contribution in [3.05, 3.63) is 161 Å². The minimum atomic E-state index is -5.09. The van der Waals surface area contributed by atoms with E-state index in [4.69, 9.17) is 81.8 Å². The van der Waals surface area contributed by atoms with E-state index < -0.39 is 102 Å². The smallest absolute Gasteiger partial charge is 0.370 e. The average Bonchev–Trinajstić information content (AvgIpc) is 4.05. The van der Waals surface area contributed by atoms with Gasteiger partial charge in [-0.25, -0.2) is 19.9 Å². The molecule has 2 fully saturated rings. The number of aromatic nitrogens is 6. The maximum absolute atomic E-state index is 14.4. The number of carbonyl (C=O) groups excluding carboxylic acids is 1. The predicted octanol–water partition coefficient (Wildman–Crippen LogP) is 13.5. The number of anilines is 2. The Morgan fingerprint density at radius 2 is 0.947 bits per heavy atom. The van der Waals surface area contributed by atoms with Crippen molar-refractivity contribution in [2.45, 2.75) is 61.5 Å². The highest BCUT2D eigenvalue weighted by molar-refractivity contribution is 7.80. The van der Waals surface area contributed by atoms with Crippen molar-refractivity contribution in [2.75, 3.05) is 36.0 Å². The molecule has 2 aliphatic heterocycles. The summed E-state index contributed by atoms with van der Waals surface area (Å²) in [4.78, 5) is 37.0. The van der Waals surface area contributed by atoms with Crippen molar-refractivity contribution < 1.29 is 57.5 Å². The quantitative estimate of drug-likeness (QED) is 0.0774. The number of pyridine rings is 2. The number of carbonyl (C=O) groups is 1. The fraction of sp³-hybridized carbons (Fsp3) is 0.304. The number of hydrogen-bond donors (Lipinski definition) is 2. The van der Waals surface area contributed by atoms with Gasteiger partial charge in [-0.1, -0.05) is 94.0 Å². The maximum Gasteiger partial charge on any atom is 0.434 e. The summed E-state index contributed by atoms with van der Waals surface area (Å²) in [7, 11) is 0. The molecule has 0 aliphatic carbocycles. The van der Waals surface area contributed by atoms with Crippen LogP contribution in [-0.2, 0) is 36.3 Å². The summed E-state index contributed by atoms with van der Waals surface area (Å²) in [6, 6.07) is 14.0. The molecule has 404 valence electrons. The highest BCUT2D eigenvalue weighted by Gasteiger charge is 2.61. The van der Waals surface area contributed by atoms with Crippen LogP contribution in [0.15, 0.2) is 85.5 Å². The average molecular weight is 1210 g/mol. The van der Waals surface area contributed by atoms with Crippen LogP contribution < -0.4 is 20.4 Å². The van der Waals surface area contributed by atoms with E-state index in [1.807, 2.05) is 0 Å². The molecule has 2 N–H and O–H groups in total. The molecule has 4 aromatic heterocycles. The van der Waals surface area contributed by atoms with Crippen molar-refractivity contribution in [3.63, 3.8) is 0 Å². The van der Waals surface area contributed by atoms with Crippen molar-refractivity contribution >= 4 is 105 Å². The number of nitrogens with zero attached hydrogens (tertiary/aromatic N) is 8. The second kappa shape index (κ2) is 22.6. The van der Waals surface area contributed by atoms with Crippen LogP contribution >= 0.6 is 81.8 Å². The van der Waals surface area contributed by atoms with Crippen LogP contribution in [-0.4, -0.2) is 79.3 Å². The predicted molar refractivity (Wildman–Crippen MR) is 264 cm³/mol. The van der Waals surface area contributed by atoms with E-state index in [0.29, 0.717) is 17.6 Å². The summed E-state index contributed by atoms with van der Waals surface area (Å²) in [6.07, 6.45) is -16.3. The van der Waals surface area contributed by atoms with Crippen LogP contribution in [0.4, 0.5) is 64.6 Å². The summed E-state index contributed by atoms with van der Waals surface area (Å²) < 4.78 is 170. The van der Waals surface area contributed by atoms with E-state index in [-0.39, 0.29) is 72.4 Å². The molecule has 2 aromatic carbocycles. The second-order valence-corrected chi connectivity index (χ2v) is 19.7. The number of nitrogens with one attached hydrogen (secondary N) is 2. The minimum absolute atomic E-state index is 0.0468. The molecule has 30 heteroatoms. The van der Waals surface area contributed by atoms with Gasteiger partial charge in [-0.3, -0.25) is 14.8 Å². The molecule has 0 spiro atoms. The first-order valence-electron chi connectivity index (χ1n) is 21.6. The summed E-state index contributed by atoms with van der Waals surface area (Å²) in [5.41, 5.74) is -9.01. The molecule has 6 heterocycles. The Bertz CT molecular complexity index is 2870. The molecular formula is C46H32Cl6F12N10OS. The van der Waals surface area contributed by atoms with Gasteiger partial charge in [0.25, 0.3) is 5.91 Å². The van der Waals surface area contributed by atoms with Gasteiger partial charge in [-0.05, 0) is 72.5 Å². The number of benzene rings is 2. The van der Waals surface area contributed by atoms with Gasteiger partial charge in [0.2, 0.25) is 11.9 Å². The first kappa shape index (κ1) is 58.4. The van der Waals surface area contributed by atoms with E-state index in [1.54, 1.807) is 36.4 Å². The summed E-state index contributed by atoms with van der Waals surface area (Å²) in [5, 5.41) is 3.99. The number of halogens is 18. The normalized spacial score (nSPS) is 18.1. The summed E-state index contributed by atoms with van der Waals surface area (Å²) in [5.74, 6) is -2.26. The highest BCUT2D eigenvalue weighted by atomic mass is 35.5. The molecule has 11 nitrogen and oxygen atoms in total. The molecular weight excluding hydrogens is 1180 g/mol. The summed E-state index contributed by atoms with van der Waals surface area (Å²) in [6.45, 7) is -2.30. The fourth-order valence-corrected chi connectivity index (χ4v) is 9.65. The Labute approximate surface area is 458 Å². The van der Waals surface area contributed by atoms with Gasteiger partial charge < -0.3 is 20.4 Å². The van der Waals surface area contributed by atoms with Crippen molar-refractivity contribution in [2.24, 2.45) is 0 Å². The molecule has 2 aliphatic rings. The van der Waals surface area contributed by atoms with Gasteiger partial charge in [0.05, 0.1) is 65.7 Å². The molecule has 76 heavy (non-hydrogen) atoms. The summed E-state index contributed by atoms with van der Waals surface area (Å²) >= 11 is 40.8. The first-order valence-corrected chi connectivity index (χ1v) is 24.3. The van der Waals surface area contributed by atoms with Crippen LogP contribution in [0.3, 0.4) is 0 Å². The van der Waals surface area contributed by atoms with Crippen LogP contribution in [0.5, 0.6) is 0 Å². The second-order valence-electron chi connectivity index (χ2n) is 16.9. The lowest BCUT2D eigenvalue weighted by molar-refractivity contribution is -0.185. The molecule has 0 radical (unpaired) electrons. The third-order valence-electron chi connectivity index (χ3n) is 12.2. The van der Waals surface area contributed by atoms with Crippen LogP contribution in [0, 0.1) is 0 Å². The zero-order valence-electron chi connectivity index (χ0n) is 37.9. The Morgan fingerprint density at radius 1 is 0.566 bits per heavy atom. The Morgan fingerprint density at radius 3 is 1.32 bits per heavy atom. The third-order valence-corrected chi connectivity index (χ3v) is 14.9. The SMILES string of the molecule is FC(F)(F)c1nc(N2CCC(c3cc(Cl)c(Cl)c(Cl)c3)(C(F)(F)F)C2)ncc1C(=S)NCc1ccccn1.O=C(NCc1ccccn1)c1cnc(N2CCC(c3cc(Cl)c(Cl)c(Cl)c3)(C(F)(F)F)C2)nc1C(F)(F)F. The number of thiocarbonyl (C=S) groups is 1. The Balaban J connectivity index is 0.000000221. The van der Waals surface area contributed by atoms with Gasteiger partial charge in [0.1, 0.15) is 15.8 Å². The Hall–Kier alpha value is -5.24. The van der Waals surface area contributed by atoms with Crippen molar-refractivity contribution in [1.29, 1.82) is 0 Å². The van der Waals surface area contributed by atoms with Crippen molar-refractivity contribution in [3.8, 4) is 0 Å². The first-order chi connectivity index (χ1) is 35.5. The van der Waals surface area contributed by atoms with Crippen LogP contribution in [0.2, 0.25) is 30.1 Å². The van der Waals surface area contributed by atoms with Gasteiger partial charge >= 0.3 is 24.7 Å². The zero-order valence-corrected chi connectivity index (χ0v) is 43.3. The fourth-order valence-electron chi connectivity index (χ4n) is 8.24. The van der Waals surface area contributed by atoms with Gasteiger partial charge in [-0.2, -0.15) is 52.7 Å². The lowest BCUT2D eigenvalue weighted by atomic mass is 9.79. The van der Waals surface area contributed by atoms with Gasteiger partial charge in [-0.15, -0.1) is 0 Å². The van der Waals surface area contributed by atoms with Crippen LogP contribution in [0.1, 0.15) is 62.7 Å². The standard InChI is InChI=1S/C23H16Cl3F6N5O.C23H16Cl3F6N5S/c2*24-15-7-12(8-16(25)17(15)26)21(23(30,31)32)4-6-37(11-21)20-35-10-14(18(36-20)22(27,28)29)19(38)34-9-13-3-1-2-5-33-13/h2*1-3,5,7-8,10H,4,6,9,11H2,(H,34,38). The monoisotopic (exact) mass is 1210 g/mol. The van der Waals surface area contributed by atoms with E-state index in [1.165, 1.54) is 12.4 Å². The Kier molecular flexibility index (Phi) is 17.4. The lowest BCUT2D eigenvalue weighted by Crippen LogP contribution is -2.45. The highest BCUT2D eigenvalue weighted by Crippen LogP contribution is 2.52. The molecule has 6 aromatic rings. The maximum atomic E-state index is 14.4. The lowest BCUT2D eigenvalue weighted by Gasteiger charge is -2.32. The molecule has 0 saturated carbocycles. The largest absolute Gasteiger partial charge is 0.434 e. The topological polar surface area (TPSA) is 125 Å². The molecule has 2 atom stereocenters. The van der Waals surface area contributed by atoms with Gasteiger partial charge in [0.15, 0.2) is 11.4 Å². The molecule has 2 unspecified atom stereocenters. The third kappa shape index (κ3) is 12.5. The molecule has 8 rings (SSSR count). The molecule has 1 amide bonds. The van der Waals surface area contributed by atoms with Crippen LogP contribution in [0.25, 0.3) is 0 Å². The minimum Gasteiger partial charge on any atom is -0.370 e.